The summed E-state index contributed by atoms with van der Waals surface area (Å²) in [6, 6.07) is 0. The summed E-state index contributed by atoms with van der Waals surface area (Å²) in [5.41, 5.74) is -0.463. The van der Waals surface area contributed by atoms with Crippen LogP contribution in [0.2, 0.25) is 0 Å². The molecule has 0 amide bonds. The van der Waals surface area contributed by atoms with Crippen molar-refractivity contribution in [3.8, 4) is 0 Å². The molecule has 3 heterocycles. The Hall–Kier alpha value is -1.66. The Morgan fingerprint density at radius 2 is 2.17 bits per heavy atom. The molecular weight excluding hydrogens is 335 g/mol. The van der Waals surface area contributed by atoms with E-state index in [1.165, 1.54) is 10.9 Å². The number of hydrogen-bond acceptors (Lipinski definition) is 8. The van der Waals surface area contributed by atoms with Gasteiger partial charge in [-0.1, -0.05) is 0 Å². The number of imidazole rings is 1. The van der Waals surface area contributed by atoms with Crippen molar-refractivity contribution in [2.24, 2.45) is 0 Å². The maximum absolute atomic E-state index is 11.6. The topological polar surface area (TPSA) is 180 Å². The molecule has 2 aromatic heterocycles. The van der Waals surface area contributed by atoms with Crippen molar-refractivity contribution >= 4 is 19.0 Å². The van der Waals surface area contributed by atoms with E-state index in [2.05, 4.69) is 19.5 Å². The van der Waals surface area contributed by atoms with E-state index < -0.39 is 44.5 Å². The van der Waals surface area contributed by atoms with Gasteiger partial charge < -0.3 is 29.7 Å². The molecule has 0 bridgehead atoms. The molecule has 0 aliphatic carbocycles. The second-order valence-electron chi connectivity index (χ2n) is 4.85. The van der Waals surface area contributed by atoms with Gasteiger partial charge >= 0.3 is 7.82 Å². The first-order valence-electron chi connectivity index (χ1n) is 6.40. The molecule has 0 spiro atoms. The van der Waals surface area contributed by atoms with Crippen molar-refractivity contribution in [3.05, 3.63) is 23.0 Å². The van der Waals surface area contributed by atoms with Crippen molar-refractivity contribution in [2.75, 3.05) is 6.61 Å². The molecule has 0 saturated carbocycles. The molecule has 0 radical (unpaired) electrons. The number of aromatic amines is 1. The molecule has 13 heteroatoms. The number of ether oxygens (including phenoxy) is 1. The molecule has 0 aromatic carbocycles. The third-order valence-electron chi connectivity index (χ3n) is 3.39. The number of aromatic nitrogens is 4. The zero-order valence-corrected chi connectivity index (χ0v) is 12.3. The monoisotopic (exact) mass is 348 g/mol. The van der Waals surface area contributed by atoms with Gasteiger partial charge in [0.2, 0.25) is 0 Å². The zero-order chi connectivity index (χ0) is 16.8. The summed E-state index contributed by atoms with van der Waals surface area (Å²) in [7, 11) is -4.94. The maximum Gasteiger partial charge on any atom is 0.470 e. The van der Waals surface area contributed by atoms with Crippen LogP contribution < -0.4 is 5.56 Å². The Bertz CT molecular complexity index is 815. The quantitative estimate of drug-likeness (QED) is 0.382. The summed E-state index contributed by atoms with van der Waals surface area (Å²) in [6.07, 6.45) is -3.08. The minimum absolute atomic E-state index is 0.0204. The summed E-state index contributed by atoms with van der Waals surface area (Å²) in [4.78, 5) is 39.7. The normalized spacial score (nSPS) is 28.5. The Balaban J connectivity index is 2.05. The van der Waals surface area contributed by atoms with Crippen molar-refractivity contribution in [2.45, 2.75) is 24.5 Å². The second-order valence-corrected chi connectivity index (χ2v) is 6.05. The summed E-state index contributed by atoms with van der Waals surface area (Å²) in [5.74, 6) is 0. The first kappa shape index (κ1) is 16.2. The molecule has 126 valence electrons. The molecule has 2 aromatic rings. The van der Waals surface area contributed by atoms with Crippen LogP contribution in [-0.4, -0.2) is 64.4 Å². The third kappa shape index (κ3) is 2.93. The van der Waals surface area contributed by atoms with Crippen molar-refractivity contribution < 1.29 is 33.8 Å². The molecular formula is C10H13N4O8P. The van der Waals surface area contributed by atoms with Gasteiger partial charge in [-0.3, -0.25) is 13.9 Å². The first-order chi connectivity index (χ1) is 10.8. The zero-order valence-electron chi connectivity index (χ0n) is 11.4. The van der Waals surface area contributed by atoms with Crippen molar-refractivity contribution in [1.82, 2.24) is 19.5 Å². The van der Waals surface area contributed by atoms with E-state index in [0.29, 0.717) is 0 Å². The number of rotatable bonds is 4. The average molecular weight is 348 g/mol. The van der Waals surface area contributed by atoms with Crippen LogP contribution in [0.3, 0.4) is 0 Å². The standard InChI is InChI=1S/C10H13N4O8P/c15-1-4-6(16)7(22-23(18,19)20)10(21-4)14-3-13-5-8(14)11-2-12-9(5)17/h2-4,6-7,10,15-16H,1H2,(H,11,12,17)(H2,18,19,20)/t4-,6?,7?,10-/m1/s1. The van der Waals surface area contributed by atoms with E-state index in [4.69, 9.17) is 14.5 Å². The first-order valence-corrected chi connectivity index (χ1v) is 7.93. The lowest BCUT2D eigenvalue weighted by atomic mass is 10.1. The van der Waals surface area contributed by atoms with E-state index in [1.54, 1.807) is 0 Å². The minimum Gasteiger partial charge on any atom is -0.394 e. The van der Waals surface area contributed by atoms with Crippen LogP contribution in [0, 0.1) is 0 Å². The Labute approximate surface area is 127 Å². The summed E-state index contributed by atoms with van der Waals surface area (Å²) < 4.78 is 22.3. The molecule has 1 aliphatic rings. The maximum atomic E-state index is 11.6. The number of phosphoric acid groups is 1. The average Bonchev–Trinajstić information content (AvgIpc) is 3.01. The van der Waals surface area contributed by atoms with E-state index in [1.807, 2.05) is 0 Å². The number of H-pyrrole nitrogens is 1. The van der Waals surface area contributed by atoms with Gasteiger partial charge in [0.15, 0.2) is 17.4 Å². The number of aliphatic hydroxyl groups is 2. The van der Waals surface area contributed by atoms with Gasteiger partial charge in [-0.25, -0.2) is 14.5 Å². The van der Waals surface area contributed by atoms with Crippen molar-refractivity contribution in [3.63, 3.8) is 0 Å². The van der Waals surface area contributed by atoms with E-state index >= 15 is 0 Å². The Kier molecular flexibility index (Phi) is 4.06. The van der Waals surface area contributed by atoms with Crippen LogP contribution in [0.15, 0.2) is 17.4 Å². The number of fused-ring (bicyclic) bond motifs is 1. The van der Waals surface area contributed by atoms with Crippen LogP contribution in [0.4, 0.5) is 0 Å². The number of hydrogen-bond donors (Lipinski definition) is 5. The number of nitrogens with one attached hydrogen (secondary N) is 1. The highest BCUT2D eigenvalue weighted by molar-refractivity contribution is 7.46. The Morgan fingerprint density at radius 1 is 1.43 bits per heavy atom. The van der Waals surface area contributed by atoms with Gasteiger partial charge in [0.1, 0.15) is 18.3 Å². The lowest BCUT2D eigenvalue weighted by molar-refractivity contribution is -0.0505. The predicted octanol–water partition coefficient (Wildman–Crippen LogP) is -2.15. The highest BCUT2D eigenvalue weighted by Gasteiger charge is 2.48. The molecule has 3 rings (SSSR count). The summed E-state index contributed by atoms with van der Waals surface area (Å²) >= 11 is 0. The van der Waals surface area contributed by atoms with Gasteiger partial charge in [-0.2, -0.15) is 0 Å². The number of phosphoric ester groups is 1. The minimum atomic E-state index is -4.94. The molecule has 23 heavy (non-hydrogen) atoms. The van der Waals surface area contributed by atoms with Gasteiger partial charge in [0.25, 0.3) is 5.56 Å². The number of nitrogens with zero attached hydrogens (tertiary/aromatic N) is 3. The smallest absolute Gasteiger partial charge is 0.394 e. The van der Waals surface area contributed by atoms with Crippen molar-refractivity contribution in [1.29, 1.82) is 0 Å². The summed E-state index contributed by atoms with van der Waals surface area (Å²) in [6.45, 7) is -0.598. The molecule has 1 fully saturated rings. The van der Waals surface area contributed by atoms with E-state index in [-0.39, 0.29) is 11.2 Å². The molecule has 1 aliphatic heterocycles. The van der Waals surface area contributed by atoms with Gasteiger partial charge in [-0.05, 0) is 0 Å². The fourth-order valence-electron chi connectivity index (χ4n) is 2.41. The third-order valence-corrected chi connectivity index (χ3v) is 3.91. The lowest BCUT2D eigenvalue weighted by Crippen LogP contribution is -2.34. The number of aliphatic hydroxyl groups excluding tert-OH is 2. The summed E-state index contributed by atoms with van der Waals surface area (Å²) in [5, 5.41) is 19.2. The molecule has 4 atom stereocenters. The lowest BCUT2D eigenvalue weighted by Gasteiger charge is -2.21. The highest BCUT2D eigenvalue weighted by Crippen LogP contribution is 2.44. The van der Waals surface area contributed by atoms with Gasteiger partial charge in [0.05, 0.1) is 19.3 Å². The van der Waals surface area contributed by atoms with Gasteiger partial charge in [-0.15, -0.1) is 0 Å². The van der Waals surface area contributed by atoms with E-state index in [0.717, 1.165) is 6.33 Å². The highest BCUT2D eigenvalue weighted by atomic mass is 31.2. The van der Waals surface area contributed by atoms with Crippen LogP contribution in [0.1, 0.15) is 6.23 Å². The molecule has 1 saturated heterocycles. The van der Waals surface area contributed by atoms with E-state index in [9.17, 15) is 19.6 Å². The second kappa shape index (κ2) is 5.76. The molecule has 12 nitrogen and oxygen atoms in total. The van der Waals surface area contributed by atoms with Crippen LogP contribution >= 0.6 is 7.82 Å². The molecule has 5 N–H and O–H groups in total. The van der Waals surface area contributed by atoms with Crippen LogP contribution in [0.25, 0.3) is 11.2 Å². The van der Waals surface area contributed by atoms with Crippen LogP contribution in [0.5, 0.6) is 0 Å². The largest absolute Gasteiger partial charge is 0.470 e. The Morgan fingerprint density at radius 3 is 2.83 bits per heavy atom. The molecule has 2 unspecified atom stereocenters. The SMILES string of the molecule is O=c1[nH]cnc2c1ncn2[C@@H]1O[C@H](CO)C(O)C1OP(=O)(O)O. The van der Waals surface area contributed by atoms with Crippen LogP contribution in [-0.2, 0) is 13.8 Å². The fraction of sp³-hybridized carbons (Fsp3) is 0.500. The predicted molar refractivity (Wildman–Crippen MR) is 72.1 cm³/mol. The van der Waals surface area contributed by atoms with Gasteiger partial charge in [0, 0.05) is 0 Å². The fourth-order valence-corrected chi connectivity index (χ4v) is 2.96.